The van der Waals surface area contributed by atoms with Gasteiger partial charge in [0.2, 0.25) is 0 Å². The second-order valence-electron chi connectivity index (χ2n) is 7.04. The van der Waals surface area contributed by atoms with Crippen LogP contribution in [0, 0.1) is 29.1 Å². The molecule has 2 fully saturated rings. The smallest absolute Gasteiger partial charge is 0.0672 e. The Kier molecular flexibility index (Phi) is 5.28. The minimum absolute atomic E-state index is 0.288. The van der Waals surface area contributed by atoms with Crippen LogP contribution in [0.1, 0.15) is 65.7 Å². The van der Waals surface area contributed by atoms with E-state index in [0.717, 1.165) is 24.3 Å². The molecular weight excluding hydrogens is 232 g/mol. The second-order valence-corrected chi connectivity index (χ2v) is 7.04. The van der Waals surface area contributed by atoms with Gasteiger partial charge in [-0.3, -0.25) is 4.90 Å². The van der Waals surface area contributed by atoms with Crippen LogP contribution in [0.5, 0.6) is 0 Å². The Bertz CT molecular complexity index is 314. The van der Waals surface area contributed by atoms with Gasteiger partial charge in [0.05, 0.1) is 12.0 Å². The van der Waals surface area contributed by atoms with Crippen molar-refractivity contribution in [2.24, 2.45) is 17.8 Å². The first-order valence-corrected chi connectivity index (χ1v) is 8.31. The molecule has 0 aromatic heterocycles. The summed E-state index contributed by atoms with van der Waals surface area (Å²) in [6, 6.07) is 3.96. The highest BCUT2D eigenvalue weighted by Gasteiger charge is 2.40. The van der Waals surface area contributed by atoms with E-state index < -0.39 is 0 Å². The second kappa shape index (κ2) is 6.75. The van der Waals surface area contributed by atoms with E-state index in [4.69, 9.17) is 0 Å². The first-order chi connectivity index (χ1) is 9.15. The van der Waals surface area contributed by atoms with Crippen LogP contribution in [0.15, 0.2) is 0 Å². The minimum atomic E-state index is 0.288. The lowest BCUT2D eigenvalue weighted by Gasteiger charge is -2.40. The lowest BCUT2D eigenvalue weighted by molar-refractivity contribution is 0.0878. The van der Waals surface area contributed by atoms with Gasteiger partial charge in [-0.25, -0.2) is 0 Å². The molecule has 2 nitrogen and oxygen atoms in total. The molecule has 0 bridgehead atoms. The number of hydrogen-bond donors (Lipinski definition) is 0. The van der Waals surface area contributed by atoms with Crippen molar-refractivity contribution in [3.63, 3.8) is 0 Å². The summed E-state index contributed by atoms with van der Waals surface area (Å²) < 4.78 is 0. The first-order valence-electron chi connectivity index (χ1n) is 8.31. The van der Waals surface area contributed by atoms with E-state index in [2.05, 4.69) is 31.7 Å². The van der Waals surface area contributed by atoms with Gasteiger partial charge in [-0.05, 0) is 56.9 Å². The van der Waals surface area contributed by atoms with Crippen molar-refractivity contribution in [3.05, 3.63) is 0 Å². The van der Waals surface area contributed by atoms with Crippen LogP contribution in [0.25, 0.3) is 0 Å². The lowest BCUT2D eigenvalue weighted by Crippen LogP contribution is -2.46. The van der Waals surface area contributed by atoms with Crippen LogP contribution in [-0.4, -0.2) is 23.5 Å². The number of rotatable bonds is 6. The van der Waals surface area contributed by atoms with E-state index in [0.29, 0.717) is 6.04 Å². The van der Waals surface area contributed by atoms with Gasteiger partial charge in [-0.2, -0.15) is 5.26 Å². The lowest BCUT2D eigenvalue weighted by atomic mass is 9.77. The molecule has 2 saturated carbocycles. The highest BCUT2D eigenvalue weighted by Crippen LogP contribution is 2.39. The molecule has 0 aromatic carbocycles. The van der Waals surface area contributed by atoms with Crippen molar-refractivity contribution >= 4 is 0 Å². The van der Waals surface area contributed by atoms with Crippen LogP contribution in [-0.2, 0) is 0 Å². The van der Waals surface area contributed by atoms with E-state index in [-0.39, 0.29) is 5.92 Å². The Morgan fingerprint density at radius 3 is 2.47 bits per heavy atom. The maximum atomic E-state index is 9.47. The summed E-state index contributed by atoms with van der Waals surface area (Å²) in [7, 11) is 0. The van der Waals surface area contributed by atoms with Crippen molar-refractivity contribution in [3.8, 4) is 6.07 Å². The van der Waals surface area contributed by atoms with Crippen LogP contribution in [0.3, 0.4) is 0 Å². The molecule has 2 heteroatoms. The number of nitriles is 1. The maximum absolute atomic E-state index is 9.47. The third-order valence-corrected chi connectivity index (χ3v) is 5.07. The van der Waals surface area contributed by atoms with E-state index in [1.807, 2.05) is 0 Å². The van der Waals surface area contributed by atoms with Gasteiger partial charge < -0.3 is 0 Å². The Balaban J connectivity index is 2.01. The third kappa shape index (κ3) is 3.96. The predicted molar refractivity (Wildman–Crippen MR) is 79.7 cm³/mol. The Morgan fingerprint density at radius 1 is 1.21 bits per heavy atom. The Labute approximate surface area is 119 Å². The topological polar surface area (TPSA) is 27.0 Å². The van der Waals surface area contributed by atoms with Crippen molar-refractivity contribution < 1.29 is 0 Å². The fourth-order valence-electron chi connectivity index (χ4n) is 3.55. The highest BCUT2D eigenvalue weighted by molar-refractivity contribution is 5.01. The summed E-state index contributed by atoms with van der Waals surface area (Å²) in [5.74, 6) is 1.91. The molecule has 3 atom stereocenters. The zero-order valence-electron chi connectivity index (χ0n) is 12.9. The van der Waals surface area contributed by atoms with Gasteiger partial charge in [-0.15, -0.1) is 0 Å². The molecule has 3 unspecified atom stereocenters. The molecular formula is C17H30N2. The molecule has 0 aliphatic heterocycles. The molecule has 2 aliphatic carbocycles. The summed E-state index contributed by atoms with van der Waals surface area (Å²) >= 11 is 0. The van der Waals surface area contributed by atoms with Gasteiger partial charge >= 0.3 is 0 Å². The van der Waals surface area contributed by atoms with Gasteiger partial charge in [0.1, 0.15) is 0 Å². The van der Waals surface area contributed by atoms with E-state index >= 15 is 0 Å². The first kappa shape index (κ1) is 14.9. The van der Waals surface area contributed by atoms with Crippen molar-refractivity contribution in [2.75, 3.05) is 6.54 Å². The van der Waals surface area contributed by atoms with Crippen LogP contribution < -0.4 is 0 Å². The number of nitrogens with zero attached hydrogens (tertiary/aromatic N) is 2. The standard InChI is InChI=1S/C17H30N2/c1-4-14-5-6-15(12-18)17(11-14)19(16-7-8-16)10-9-13(2)3/h13-17H,4-11H2,1-3H3. The molecule has 0 amide bonds. The van der Waals surface area contributed by atoms with Gasteiger partial charge in [0.15, 0.2) is 0 Å². The fourth-order valence-corrected chi connectivity index (χ4v) is 3.55. The van der Waals surface area contributed by atoms with Gasteiger partial charge in [0.25, 0.3) is 0 Å². The van der Waals surface area contributed by atoms with Crippen LogP contribution in [0.2, 0.25) is 0 Å². The van der Waals surface area contributed by atoms with Gasteiger partial charge in [-0.1, -0.05) is 27.2 Å². The maximum Gasteiger partial charge on any atom is 0.0672 e. The Morgan fingerprint density at radius 2 is 1.95 bits per heavy atom. The third-order valence-electron chi connectivity index (χ3n) is 5.07. The average molecular weight is 262 g/mol. The molecule has 2 rings (SSSR count). The molecule has 19 heavy (non-hydrogen) atoms. The van der Waals surface area contributed by atoms with E-state index in [1.165, 1.54) is 45.1 Å². The minimum Gasteiger partial charge on any atom is -0.296 e. The largest absolute Gasteiger partial charge is 0.296 e. The molecule has 0 spiro atoms. The van der Waals surface area contributed by atoms with E-state index in [9.17, 15) is 5.26 Å². The van der Waals surface area contributed by atoms with Gasteiger partial charge in [0, 0.05) is 12.1 Å². The van der Waals surface area contributed by atoms with Crippen molar-refractivity contribution in [1.29, 1.82) is 5.26 Å². The zero-order valence-corrected chi connectivity index (χ0v) is 12.9. The fraction of sp³-hybridized carbons (Fsp3) is 0.941. The van der Waals surface area contributed by atoms with Crippen LogP contribution in [0.4, 0.5) is 0 Å². The van der Waals surface area contributed by atoms with E-state index in [1.54, 1.807) is 0 Å². The molecule has 0 saturated heterocycles. The highest BCUT2D eigenvalue weighted by atomic mass is 15.2. The SMILES string of the molecule is CCC1CCC(C#N)C(N(CCC(C)C)C2CC2)C1. The molecule has 0 heterocycles. The monoisotopic (exact) mass is 262 g/mol. The van der Waals surface area contributed by atoms with Crippen molar-refractivity contribution in [2.45, 2.75) is 77.8 Å². The van der Waals surface area contributed by atoms with Crippen LogP contribution >= 0.6 is 0 Å². The Hall–Kier alpha value is -0.550. The number of hydrogen-bond acceptors (Lipinski definition) is 2. The summed E-state index contributed by atoms with van der Waals surface area (Å²) in [5, 5.41) is 9.47. The normalized spacial score (nSPS) is 31.7. The summed E-state index contributed by atoms with van der Waals surface area (Å²) in [6.45, 7) is 8.14. The molecule has 2 aliphatic rings. The zero-order chi connectivity index (χ0) is 13.8. The molecule has 108 valence electrons. The summed E-state index contributed by atoms with van der Waals surface area (Å²) in [4.78, 5) is 2.72. The summed E-state index contributed by atoms with van der Waals surface area (Å²) in [6.07, 6.45) is 8.97. The average Bonchev–Trinajstić information content (AvgIpc) is 3.23. The molecule has 0 radical (unpaired) electrons. The predicted octanol–water partition coefficient (Wildman–Crippen LogP) is 4.22. The molecule has 0 aromatic rings. The molecule has 0 N–H and O–H groups in total. The van der Waals surface area contributed by atoms with Crippen molar-refractivity contribution in [1.82, 2.24) is 4.90 Å². The quantitative estimate of drug-likeness (QED) is 0.717. The summed E-state index contributed by atoms with van der Waals surface area (Å²) in [5.41, 5.74) is 0.